The molecule has 3 N–H and O–H groups in total. The van der Waals surface area contributed by atoms with E-state index in [-0.39, 0.29) is 24.5 Å². The van der Waals surface area contributed by atoms with E-state index >= 15 is 0 Å². The Bertz CT molecular complexity index is 866. The van der Waals surface area contributed by atoms with Crippen LogP contribution in [0.2, 0.25) is 0 Å². The predicted molar refractivity (Wildman–Crippen MR) is 75.2 cm³/mol. The molecule has 2 aromatic heterocycles. The molecule has 0 spiro atoms. The van der Waals surface area contributed by atoms with E-state index in [1.54, 1.807) is 12.1 Å². The van der Waals surface area contributed by atoms with Gasteiger partial charge in [0.05, 0.1) is 17.3 Å². The van der Waals surface area contributed by atoms with Crippen molar-refractivity contribution in [3.05, 3.63) is 35.9 Å². The lowest BCUT2D eigenvalue weighted by molar-refractivity contribution is -0.137. The summed E-state index contributed by atoms with van der Waals surface area (Å²) < 4.78 is 13.2. The molecule has 6 nitrogen and oxygen atoms in total. The summed E-state index contributed by atoms with van der Waals surface area (Å²) in [5.74, 6) is -0.754. The van der Waals surface area contributed by atoms with Crippen LogP contribution in [0, 0.1) is 5.82 Å². The van der Waals surface area contributed by atoms with Gasteiger partial charge in [0.1, 0.15) is 17.5 Å². The molecular formula is C14H11FN4O2. The average molecular weight is 286 g/mol. The Kier molecular flexibility index (Phi) is 3.09. The lowest BCUT2D eigenvalue weighted by Crippen LogP contribution is -2.05. The number of aryl methyl sites for hydroxylation is 1. The number of nitrogens with two attached hydrogens (primary N) is 1. The highest BCUT2D eigenvalue weighted by Crippen LogP contribution is 2.23. The largest absolute Gasteiger partial charge is 0.481 e. The molecule has 0 aliphatic rings. The van der Waals surface area contributed by atoms with Crippen LogP contribution in [-0.2, 0) is 11.2 Å². The van der Waals surface area contributed by atoms with Gasteiger partial charge in [0.2, 0.25) is 0 Å². The number of benzene rings is 1. The molecule has 0 saturated heterocycles. The number of nitrogen functional groups attached to an aromatic ring is 1. The Labute approximate surface area is 118 Å². The maximum absolute atomic E-state index is 13.2. The highest BCUT2D eigenvalue weighted by atomic mass is 19.1. The minimum Gasteiger partial charge on any atom is -0.481 e. The summed E-state index contributed by atoms with van der Waals surface area (Å²) in [7, 11) is 0. The van der Waals surface area contributed by atoms with Gasteiger partial charge >= 0.3 is 5.97 Å². The molecule has 0 unspecified atom stereocenters. The molecule has 0 bridgehead atoms. The number of hydrogen-bond donors (Lipinski definition) is 2. The molecular weight excluding hydrogens is 275 g/mol. The number of carboxylic acids is 1. The second-order valence-electron chi connectivity index (χ2n) is 4.62. The van der Waals surface area contributed by atoms with Crippen LogP contribution in [0.15, 0.2) is 24.3 Å². The molecule has 1 aromatic carbocycles. The van der Waals surface area contributed by atoms with Gasteiger partial charge in [-0.25, -0.2) is 19.3 Å². The maximum Gasteiger partial charge on any atom is 0.303 e. The SMILES string of the molecule is Nc1nc(CCC(=O)O)nc2nc3ccc(F)cc3cc12. The summed E-state index contributed by atoms with van der Waals surface area (Å²) >= 11 is 0. The number of aromatic nitrogens is 3. The van der Waals surface area contributed by atoms with E-state index < -0.39 is 5.97 Å². The zero-order valence-electron chi connectivity index (χ0n) is 10.9. The van der Waals surface area contributed by atoms with Crippen LogP contribution in [0.1, 0.15) is 12.2 Å². The Hall–Kier alpha value is -2.83. The molecule has 0 aliphatic heterocycles. The van der Waals surface area contributed by atoms with Gasteiger partial charge < -0.3 is 10.8 Å². The molecule has 0 saturated carbocycles. The summed E-state index contributed by atoms with van der Waals surface area (Å²) in [6.45, 7) is 0. The van der Waals surface area contributed by atoms with Gasteiger partial charge in [-0.1, -0.05) is 0 Å². The number of halogens is 1. The van der Waals surface area contributed by atoms with Crippen molar-refractivity contribution in [1.82, 2.24) is 15.0 Å². The molecule has 106 valence electrons. The minimum atomic E-state index is -0.931. The molecule has 0 atom stereocenters. The first-order valence-corrected chi connectivity index (χ1v) is 6.27. The van der Waals surface area contributed by atoms with Crippen molar-refractivity contribution in [3.8, 4) is 0 Å². The van der Waals surface area contributed by atoms with Crippen molar-refractivity contribution in [3.63, 3.8) is 0 Å². The number of anilines is 1. The number of carboxylic acid groups (broad SMARTS) is 1. The Morgan fingerprint density at radius 3 is 2.81 bits per heavy atom. The third-order valence-corrected chi connectivity index (χ3v) is 3.08. The molecule has 7 heteroatoms. The van der Waals surface area contributed by atoms with E-state index in [0.29, 0.717) is 27.8 Å². The van der Waals surface area contributed by atoms with E-state index in [2.05, 4.69) is 15.0 Å². The molecule has 0 aliphatic carbocycles. The van der Waals surface area contributed by atoms with Crippen molar-refractivity contribution in [2.24, 2.45) is 0 Å². The first kappa shape index (κ1) is 13.2. The smallest absolute Gasteiger partial charge is 0.303 e. The highest BCUT2D eigenvalue weighted by Gasteiger charge is 2.10. The summed E-state index contributed by atoms with van der Waals surface area (Å²) in [5, 5.41) is 9.81. The Balaban J connectivity index is 2.15. The quantitative estimate of drug-likeness (QED) is 0.713. The fourth-order valence-corrected chi connectivity index (χ4v) is 2.09. The predicted octanol–water partition coefficient (Wildman–Crippen LogP) is 1.92. The lowest BCUT2D eigenvalue weighted by atomic mass is 10.1. The van der Waals surface area contributed by atoms with Crippen molar-refractivity contribution in [2.75, 3.05) is 5.73 Å². The fraction of sp³-hybridized carbons (Fsp3) is 0.143. The van der Waals surface area contributed by atoms with E-state index in [1.807, 2.05) is 0 Å². The molecule has 0 fully saturated rings. The van der Waals surface area contributed by atoms with E-state index in [4.69, 9.17) is 10.8 Å². The molecule has 2 heterocycles. The van der Waals surface area contributed by atoms with Gasteiger partial charge in [-0.2, -0.15) is 0 Å². The highest BCUT2D eigenvalue weighted by molar-refractivity contribution is 5.95. The number of nitrogens with zero attached hydrogens (tertiary/aromatic N) is 3. The van der Waals surface area contributed by atoms with Crippen molar-refractivity contribution >= 4 is 33.7 Å². The maximum atomic E-state index is 13.2. The molecule has 0 amide bonds. The average Bonchev–Trinajstić information content (AvgIpc) is 2.43. The first-order chi connectivity index (χ1) is 10.0. The zero-order chi connectivity index (χ0) is 15.0. The number of fused-ring (bicyclic) bond motifs is 2. The first-order valence-electron chi connectivity index (χ1n) is 6.27. The number of aliphatic carboxylic acids is 1. The molecule has 0 radical (unpaired) electrons. The van der Waals surface area contributed by atoms with Crippen LogP contribution in [0.3, 0.4) is 0 Å². The van der Waals surface area contributed by atoms with Gasteiger partial charge in [0.25, 0.3) is 0 Å². The van der Waals surface area contributed by atoms with Crippen LogP contribution in [0.4, 0.5) is 10.2 Å². The van der Waals surface area contributed by atoms with Gasteiger partial charge in [-0.15, -0.1) is 0 Å². The summed E-state index contributed by atoms with van der Waals surface area (Å²) in [5.41, 5.74) is 6.83. The second kappa shape index (κ2) is 4.93. The third kappa shape index (κ3) is 2.58. The van der Waals surface area contributed by atoms with Crippen molar-refractivity contribution in [2.45, 2.75) is 12.8 Å². The number of carbonyl (C=O) groups is 1. The van der Waals surface area contributed by atoms with Crippen molar-refractivity contribution in [1.29, 1.82) is 0 Å². The Morgan fingerprint density at radius 2 is 2.05 bits per heavy atom. The summed E-state index contributed by atoms with van der Waals surface area (Å²) in [4.78, 5) is 23.2. The zero-order valence-corrected chi connectivity index (χ0v) is 10.9. The third-order valence-electron chi connectivity index (χ3n) is 3.08. The number of pyridine rings is 1. The van der Waals surface area contributed by atoms with E-state index in [1.165, 1.54) is 12.1 Å². The fourth-order valence-electron chi connectivity index (χ4n) is 2.09. The molecule has 21 heavy (non-hydrogen) atoms. The van der Waals surface area contributed by atoms with E-state index in [0.717, 1.165) is 0 Å². The normalized spacial score (nSPS) is 11.1. The van der Waals surface area contributed by atoms with Crippen LogP contribution >= 0.6 is 0 Å². The second-order valence-corrected chi connectivity index (χ2v) is 4.62. The van der Waals surface area contributed by atoms with Crippen LogP contribution in [0.5, 0.6) is 0 Å². The van der Waals surface area contributed by atoms with Gasteiger partial charge in [0.15, 0.2) is 5.65 Å². The van der Waals surface area contributed by atoms with Gasteiger partial charge in [-0.3, -0.25) is 4.79 Å². The molecule has 3 rings (SSSR count). The Morgan fingerprint density at radius 1 is 1.24 bits per heavy atom. The van der Waals surface area contributed by atoms with Gasteiger partial charge in [0, 0.05) is 11.8 Å². The summed E-state index contributed by atoms with van der Waals surface area (Å²) in [6.07, 6.45) is 0.0996. The van der Waals surface area contributed by atoms with Crippen LogP contribution < -0.4 is 5.73 Å². The van der Waals surface area contributed by atoms with Crippen LogP contribution in [-0.4, -0.2) is 26.0 Å². The lowest BCUT2D eigenvalue weighted by Gasteiger charge is -2.06. The van der Waals surface area contributed by atoms with E-state index in [9.17, 15) is 9.18 Å². The van der Waals surface area contributed by atoms with Crippen LogP contribution in [0.25, 0.3) is 21.9 Å². The standard InChI is InChI=1S/C14H11FN4O2/c15-8-1-2-10-7(5-8)6-9-13(16)18-11(3-4-12(20)21)19-14(9)17-10/h1-2,5-6H,3-4H2,(H,20,21)(H2,16,17,18,19). The number of hydrogen-bond acceptors (Lipinski definition) is 5. The van der Waals surface area contributed by atoms with Crippen molar-refractivity contribution < 1.29 is 14.3 Å². The number of rotatable bonds is 3. The monoisotopic (exact) mass is 286 g/mol. The molecule has 3 aromatic rings. The summed E-state index contributed by atoms with van der Waals surface area (Å²) in [6, 6.07) is 5.91. The van der Waals surface area contributed by atoms with Gasteiger partial charge in [-0.05, 0) is 24.3 Å². The minimum absolute atomic E-state index is 0.0796. The topological polar surface area (TPSA) is 102 Å².